The molecule has 0 saturated carbocycles. The highest BCUT2D eigenvalue weighted by molar-refractivity contribution is 6.15. The smallest absolute Gasteiger partial charge is 0.343 e. The highest BCUT2D eigenvalue weighted by Gasteiger charge is 2.30. The van der Waals surface area contributed by atoms with Crippen molar-refractivity contribution < 1.29 is 23.8 Å². The van der Waals surface area contributed by atoms with Crippen molar-refractivity contribution in [2.24, 2.45) is 0 Å². The number of benzene rings is 2. The number of fused-ring (bicyclic) bond motifs is 1. The summed E-state index contributed by atoms with van der Waals surface area (Å²) in [7, 11) is 1.55. The van der Waals surface area contributed by atoms with E-state index in [0.717, 1.165) is 5.56 Å². The number of aromatic nitrogens is 1. The Labute approximate surface area is 167 Å². The van der Waals surface area contributed by atoms with E-state index < -0.39 is 5.97 Å². The minimum absolute atomic E-state index is 0.203. The fraction of sp³-hybridized carbons (Fsp3) is 0.0870. The standard InChI is InChI=1S/C23H17NO5/c1-14-10-18(28-23(26)16-5-7-17(27-2)8-6-16)12-19-21(14)22(25)20(29-19)11-15-4-3-9-24-13-15/h3-13H,1-2H3/b20-11-. The van der Waals surface area contributed by atoms with Crippen LogP contribution in [-0.2, 0) is 0 Å². The van der Waals surface area contributed by atoms with Crippen molar-refractivity contribution in [3.8, 4) is 17.2 Å². The third kappa shape index (κ3) is 3.73. The van der Waals surface area contributed by atoms with Gasteiger partial charge < -0.3 is 14.2 Å². The zero-order valence-corrected chi connectivity index (χ0v) is 15.8. The lowest BCUT2D eigenvalue weighted by atomic mass is 10.0. The fourth-order valence-corrected chi connectivity index (χ4v) is 3.04. The predicted octanol–water partition coefficient (Wildman–Crippen LogP) is 4.23. The Balaban J connectivity index is 1.58. The number of carbonyl (C=O) groups is 2. The minimum Gasteiger partial charge on any atom is -0.497 e. The third-order valence-electron chi connectivity index (χ3n) is 4.46. The Bertz CT molecular complexity index is 1120. The molecular weight excluding hydrogens is 370 g/mol. The molecule has 3 aromatic rings. The average molecular weight is 387 g/mol. The van der Waals surface area contributed by atoms with Crippen molar-refractivity contribution in [3.05, 3.63) is 88.9 Å². The number of methoxy groups -OCH3 is 1. The van der Waals surface area contributed by atoms with E-state index in [4.69, 9.17) is 14.2 Å². The highest BCUT2D eigenvalue weighted by atomic mass is 16.5. The highest BCUT2D eigenvalue weighted by Crippen LogP contribution is 2.37. The molecule has 0 aliphatic carbocycles. The first-order valence-corrected chi connectivity index (χ1v) is 8.90. The molecule has 0 unspecified atom stereocenters. The first-order chi connectivity index (χ1) is 14.0. The van der Waals surface area contributed by atoms with Gasteiger partial charge in [0, 0.05) is 18.5 Å². The largest absolute Gasteiger partial charge is 0.497 e. The van der Waals surface area contributed by atoms with Gasteiger partial charge >= 0.3 is 5.97 Å². The van der Waals surface area contributed by atoms with E-state index >= 15 is 0 Å². The Morgan fingerprint density at radius 1 is 1.10 bits per heavy atom. The molecule has 1 aliphatic heterocycles. The van der Waals surface area contributed by atoms with Crippen LogP contribution in [0.2, 0.25) is 0 Å². The molecule has 0 spiro atoms. The number of hydrogen-bond donors (Lipinski definition) is 0. The van der Waals surface area contributed by atoms with Gasteiger partial charge in [-0.2, -0.15) is 0 Å². The predicted molar refractivity (Wildman–Crippen MR) is 106 cm³/mol. The number of allylic oxidation sites excluding steroid dienone is 1. The van der Waals surface area contributed by atoms with Crippen LogP contribution in [0.25, 0.3) is 6.08 Å². The molecule has 29 heavy (non-hydrogen) atoms. The van der Waals surface area contributed by atoms with E-state index in [1.807, 2.05) is 6.07 Å². The summed E-state index contributed by atoms with van der Waals surface area (Å²) in [5.74, 6) is 0.793. The van der Waals surface area contributed by atoms with Gasteiger partial charge in [0.2, 0.25) is 5.78 Å². The first-order valence-electron chi connectivity index (χ1n) is 8.90. The first kappa shape index (κ1) is 18.4. The summed E-state index contributed by atoms with van der Waals surface area (Å²) in [4.78, 5) is 29.1. The van der Waals surface area contributed by atoms with Gasteiger partial charge in [0.25, 0.3) is 0 Å². The van der Waals surface area contributed by atoms with Gasteiger partial charge in [-0.25, -0.2) is 4.79 Å². The monoisotopic (exact) mass is 387 g/mol. The molecule has 0 amide bonds. The molecule has 6 nitrogen and oxygen atoms in total. The lowest BCUT2D eigenvalue weighted by Crippen LogP contribution is -2.08. The van der Waals surface area contributed by atoms with Crippen molar-refractivity contribution in [3.63, 3.8) is 0 Å². The number of hydrogen-bond acceptors (Lipinski definition) is 6. The van der Waals surface area contributed by atoms with Crippen LogP contribution in [0.3, 0.4) is 0 Å². The number of ether oxygens (including phenoxy) is 3. The van der Waals surface area contributed by atoms with E-state index in [1.54, 1.807) is 75.0 Å². The normalized spacial score (nSPS) is 13.7. The summed E-state index contributed by atoms with van der Waals surface area (Å²) >= 11 is 0. The van der Waals surface area contributed by atoms with Gasteiger partial charge in [-0.15, -0.1) is 0 Å². The molecule has 2 aromatic carbocycles. The molecule has 0 radical (unpaired) electrons. The van der Waals surface area contributed by atoms with Gasteiger partial charge in [0.05, 0.1) is 18.2 Å². The number of esters is 1. The molecule has 0 bridgehead atoms. The Hall–Kier alpha value is -3.93. The van der Waals surface area contributed by atoms with Crippen LogP contribution in [-0.4, -0.2) is 23.8 Å². The summed E-state index contributed by atoms with van der Waals surface area (Å²) in [5.41, 5.74) is 2.27. The molecule has 0 saturated heterocycles. The number of Topliss-reactive ketones (excluding diaryl/α,β-unsaturated/α-hetero) is 1. The molecule has 0 N–H and O–H groups in total. The second-order valence-electron chi connectivity index (χ2n) is 6.46. The number of pyridine rings is 1. The quantitative estimate of drug-likeness (QED) is 0.379. The lowest BCUT2D eigenvalue weighted by Gasteiger charge is -2.08. The van der Waals surface area contributed by atoms with Crippen molar-refractivity contribution in [2.75, 3.05) is 7.11 Å². The second-order valence-corrected chi connectivity index (χ2v) is 6.46. The van der Waals surface area contributed by atoms with Crippen LogP contribution < -0.4 is 14.2 Å². The van der Waals surface area contributed by atoms with E-state index in [0.29, 0.717) is 33.9 Å². The van der Waals surface area contributed by atoms with Crippen molar-refractivity contribution in [1.29, 1.82) is 0 Å². The van der Waals surface area contributed by atoms with Gasteiger partial charge in [-0.3, -0.25) is 9.78 Å². The van der Waals surface area contributed by atoms with Crippen LogP contribution >= 0.6 is 0 Å². The molecule has 1 aliphatic rings. The zero-order chi connectivity index (χ0) is 20.4. The Morgan fingerprint density at radius 3 is 2.59 bits per heavy atom. The van der Waals surface area contributed by atoms with E-state index in [-0.39, 0.29) is 11.5 Å². The summed E-state index contributed by atoms with van der Waals surface area (Å²) in [6.07, 6.45) is 4.93. The number of aryl methyl sites for hydroxylation is 1. The summed E-state index contributed by atoms with van der Waals surface area (Å²) in [5, 5.41) is 0. The number of ketones is 1. The van der Waals surface area contributed by atoms with Gasteiger partial charge in [0.15, 0.2) is 5.76 Å². The van der Waals surface area contributed by atoms with Crippen LogP contribution in [0, 0.1) is 6.92 Å². The molecule has 1 aromatic heterocycles. The molecule has 2 heterocycles. The van der Waals surface area contributed by atoms with Gasteiger partial charge in [0.1, 0.15) is 17.2 Å². The van der Waals surface area contributed by atoms with Crippen molar-refractivity contribution >= 4 is 17.8 Å². The summed E-state index contributed by atoms with van der Waals surface area (Å²) in [6.45, 7) is 1.78. The topological polar surface area (TPSA) is 74.7 Å². The third-order valence-corrected chi connectivity index (χ3v) is 4.46. The van der Waals surface area contributed by atoms with Crippen LogP contribution in [0.5, 0.6) is 17.2 Å². The maximum atomic E-state index is 12.7. The minimum atomic E-state index is -0.512. The average Bonchev–Trinajstić information content (AvgIpc) is 3.04. The van der Waals surface area contributed by atoms with Crippen molar-refractivity contribution in [2.45, 2.75) is 6.92 Å². The second kappa shape index (κ2) is 7.59. The van der Waals surface area contributed by atoms with Crippen LogP contribution in [0.1, 0.15) is 31.8 Å². The number of nitrogens with zero attached hydrogens (tertiary/aromatic N) is 1. The molecule has 144 valence electrons. The molecule has 0 atom stereocenters. The van der Waals surface area contributed by atoms with Gasteiger partial charge in [-0.05, 0) is 60.5 Å². The number of rotatable bonds is 4. The Kier molecular flexibility index (Phi) is 4.83. The lowest BCUT2D eigenvalue weighted by molar-refractivity contribution is 0.0734. The fourth-order valence-electron chi connectivity index (χ4n) is 3.04. The van der Waals surface area contributed by atoms with E-state index in [2.05, 4.69) is 4.98 Å². The molecule has 6 heteroatoms. The summed E-state index contributed by atoms with van der Waals surface area (Å²) < 4.78 is 16.3. The number of carbonyl (C=O) groups excluding carboxylic acids is 2. The maximum Gasteiger partial charge on any atom is 0.343 e. The van der Waals surface area contributed by atoms with Gasteiger partial charge in [-0.1, -0.05) is 6.07 Å². The SMILES string of the molecule is COc1ccc(C(=O)Oc2cc(C)c3c(c2)O/C(=C\c2cccnc2)C3=O)cc1. The summed E-state index contributed by atoms with van der Waals surface area (Å²) in [6, 6.07) is 13.4. The maximum absolute atomic E-state index is 12.7. The van der Waals surface area contributed by atoms with Crippen LogP contribution in [0.15, 0.2) is 66.7 Å². The molecule has 4 rings (SSSR count). The molecular formula is C23H17NO5. The van der Waals surface area contributed by atoms with E-state index in [9.17, 15) is 9.59 Å². The van der Waals surface area contributed by atoms with E-state index in [1.165, 1.54) is 0 Å². The Morgan fingerprint density at radius 2 is 1.90 bits per heavy atom. The molecule has 0 fully saturated rings. The zero-order valence-electron chi connectivity index (χ0n) is 15.8. The van der Waals surface area contributed by atoms with Crippen molar-refractivity contribution in [1.82, 2.24) is 4.98 Å². The van der Waals surface area contributed by atoms with Crippen LogP contribution in [0.4, 0.5) is 0 Å².